The van der Waals surface area contributed by atoms with Crippen molar-refractivity contribution in [1.29, 1.82) is 0 Å². The summed E-state index contributed by atoms with van der Waals surface area (Å²) in [4.78, 5) is 1.13. The van der Waals surface area contributed by atoms with Crippen LogP contribution in [0, 0.1) is 0 Å². The van der Waals surface area contributed by atoms with Crippen LogP contribution in [0.4, 0.5) is 0 Å². The topological polar surface area (TPSA) is 21.3 Å². The molecule has 5 rings (SSSR count). The van der Waals surface area contributed by atoms with Gasteiger partial charge >= 0.3 is 0 Å². The molecule has 0 saturated carbocycles. The van der Waals surface area contributed by atoms with Gasteiger partial charge in [0.05, 0.1) is 14.9 Å². The second-order valence-electron chi connectivity index (χ2n) is 7.67. The van der Waals surface area contributed by atoms with Gasteiger partial charge in [-0.2, -0.15) is 0 Å². The maximum atomic E-state index is 6.56. The van der Waals surface area contributed by atoms with Gasteiger partial charge in [-0.05, 0) is 48.4 Å². The first-order chi connectivity index (χ1) is 14.6. The minimum absolute atomic E-state index is 0.226. The fraction of sp³-hybridized carbons (Fsp3) is 0.250. The Balaban J connectivity index is 1.59. The third-order valence-corrected chi connectivity index (χ3v) is 7.61. The van der Waals surface area contributed by atoms with E-state index in [0.29, 0.717) is 21.0 Å². The van der Waals surface area contributed by atoms with Crippen LogP contribution in [0.3, 0.4) is 0 Å². The van der Waals surface area contributed by atoms with E-state index in [9.17, 15) is 0 Å². The second kappa shape index (κ2) is 8.64. The summed E-state index contributed by atoms with van der Waals surface area (Å²) < 4.78 is 6.45. The van der Waals surface area contributed by atoms with Gasteiger partial charge in [0.15, 0.2) is 0 Å². The van der Waals surface area contributed by atoms with Crippen LogP contribution in [-0.2, 0) is 5.75 Å². The van der Waals surface area contributed by atoms with Crippen LogP contribution >= 0.6 is 46.6 Å². The minimum Gasteiger partial charge on any atom is -0.488 e. The van der Waals surface area contributed by atoms with Gasteiger partial charge in [-0.25, -0.2) is 0 Å². The Morgan fingerprint density at radius 2 is 1.77 bits per heavy atom. The van der Waals surface area contributed by atoms with Gasteiger partial charge in [0.1, 0.15) is 11.9 Å². The summed E-state index contributed by atoms with van der Waals surface area (Å²) in [5.41, 5.74) is 4.34. The van der Waals surface area contributed by atoms with Crippen LogP contribution in [0.5, 0.6) is 5.75 Å². The molecule has 2 heterocycles. The first-order valence-electron chi connectivity index (χ1n) is 9.97. The lowest BCUT2D eigenvalue weighted by Crippen LogP contribution is -2.37. The van der Waals surface area contributed by atoms with Gasteiger partial charge < -0.3 is 10.1 Å². The number of thioether (sulfide) groups is 1. The van der Waals surface area contributed by atoms with Crippen molar-refractivity contribution in [2.24, 2.45) is 0 Å². The standard InChI is InChI=1S/C24H20Cl3NOS/c25-16-10-19(26)23(20(27)11-16)15-8-17-18-12-28-7-6-21(18)29-24(17)22(9-15)30-13-14-4-2-1-3-5-14/h1-5,8-11,18,21,28H,6-7,12-13H2. The molecule has 0 aliphatic carbocycles. The molecule has 2 nitrogen and oxygen atoms in total. The normalized spacial score (nSPS) is 19.8. The van der Waals surface area contributed by atoms with Gasteiger partial charge in [-0.15, -0.1) is 11.8 Å². The van der Waals surface area contributed by atoms with Crippen LogP contribution in [0.25, 0.3) is 11.1 Å². The lowest BCUT2D eigenvalue weighted by molar-refractivity contribution is 0.169. The second-order valence-corrected chi connectivity index (χ2v) is 9.94. The summed E-state index contributed by atoms with van der Waals surface area (Å²) in [5.74, 6) is 2.23. The lowest BCUT2D eigenvalue weighted by atomic mass is 9.89. The maximum Gasteiger partial charge on any atom is 0.137 e. The van der Waals surface area contributed by atoms with Crippen molar-refractivity contribution < 1.29 is 4.74 Å². The van der Waals surface area contributed by atoms with Crippen molar-refractivity contribution in [2.45, 2.75) is 29.1 Å². The third-order valence-electron chi connectivity index (χ3n) is 5.70. The average molecular weight is 477 g/mol. The van der Waals surface area contributed by atoms with E-state index in [2.05, 4.69) is 41.7 Å². The molecule has 1 N–H and O–H groups in total. The van der Waals surface area contributed by atoms with E-state index in [1.165, 1.54) is 11.1 Å². The van der Waals surface area contributed by atoms with Crippen molar-refractivity contribution in [3.63, 3.8) is 0 Å². The summed E-state index contributed by atoms with van der Waals surface area (Å²) in [7, 11) is 0. The van der Waals surface area contributed by atoms with E-state index < -0.39 is 0 Å². The molecule has 0 radical (unpaired) electrons. The highest BCUT2D eigenvalue weighted by atomic mass is 35.5. The van der Waals surface area contributed by atoms with Gasteiger partial charge in [0.2, 0.25) is 0 Å². The Kier molecular flexibility index (Phi) is 5.92. The van der Waals surface area contributed by atoms with Crippen LogP contribution in [0.1, 0.15) is 23.5 Å². The zero-order chi connectivity index (χ0) is 20.7. The van der Waals surface area contributed by atoms with Crippen molar-refractivity contribution >= 4 is 46.6 Å². The summed E-state index contributed by atoms with van der Waals surface area (Å²) in [6.07, 6.45) is 1.24. The number of rotatable bonds is 4. The molecule has 2 aliphatic heterocycles. The number of nitrogens with one attached hydrogen (secondary N) is 1. The maximum absolute atomic E-state index is 6.56. The Morgan fingerprint density at radius 1 is 1.00 bits per heavy atom. The van der Waals surface area contributed by atoms with Crippen molar-refractivity contribution in [3.8, 4) is 16.9 Å². The fourth-order valence-corrected chi connectivity index (χ4v) is 6.32. The number of ether oxygens (including phenoxy) is 1. The number of piperidine rings is 1. The Bertz CT molecular complexity index is 1070. The molecule has 1 fully saturated rings. The molecule has 0 amide bonds. The highest BCUT2D eigenvalue weighted by Gasteiger charge is 2.38. The average Bonchev–Trinajstić information content (AvgIpc) is 3.11. The third kappa shape index (κ3) is 3.94. The molecule has 6 heteroatoms. The van der Waals surface area contributed by atoms with Gasteiger partial charge in [0, 0.05) is 34.4 Å². The molecule has 30 heavy (non-hydrogen) atoms. The Hall–Kier alpha value is -1.36. The van der Waals surface area contributed by atoms with Crippen LogP contribution in [-0.4, -0.2) is 19.2 Å². The molecule has 3 aromatic carbocycles. The molecule has 2 unspecified atom stereocenters. The van der Waals surface area contributed by atoms with Gasteiger partial charge in [-0.1, -0.05) is 65.1 Å². The van der Waals surface area contributed by atoms with E-state index >= 15 is 0 Å². The molecular formula is C24H20Cl3NOS. The largest absolute Gasteiger partial charge is 0.488 e. The molecule has 154 valence electrons. The Labute approximate surface area is 195 Å². The molecule has 0 bridgehead atoms. The molecule has 1 saturated heterocycles. The van der Waals surface area contributed by atoms with E-state index in [0.717, 1.165) is 47.0 Å². The van der Waals surface area contributed by atoms with E-state index in [1.54, 1.807) is 23.9 Å². The highest BCUT2D eigenvalue weighted by Crippen LogP contribution is 2.50. The lowest BCUT2D eigenvalue weighted by Gasteiger charge is -2.25. The SMILES string of the molecule is Clc1cc(Cl)c(-c2cc(SCc3ccccc3)c3c(c2)C2CNCCC2O3)c(Cl)c1. The number of fused-ring (bicyclic) bond motifs is 3. The monoisotopic (exact) mass is 475 g/mol. The summed E-state index contributed by atoms with van der Waals surface area (Å²) >= 11 is 21.1. The number of benzene rings is 3. The zero-order valence-corrected chi connectivity index (χ0v) is 19.2. The number of halogens is 3. The summed E-state index contributed by atoms with van der Waals surface area (Å²) in [6, 6.07) is 18.3. The first-order valence-corrected chi connectivity index (χ1v) is 12.1. The van der Waals surface area contributed by atoms with Crippen LogP contribution in [0.2, 0.25) is 15.1 Å². The minimum atomic E-state index is 0.226. The van der Waals surface area contributed by atoms with Crippen molar-refractivity contribution in [1.82, 2.24) is 5.32 Å². The predicted octanol–water partition coefficient (Wildman–Crippen LogP) is 7.44. The summed E-state index contributed by atoms with van der Waals surface area (Å²) in [6.45, 7) is 1.91. The van der Waals surface area contributed by atoms with E-state index in [1.807, 2.05) is 6.07 Å². The number of hydrogen-bond donors (Lipinski definition) is 1. The number of hydrogen-bond acceptors (Lipinski definition) is 3. The smallest absolute Gasteiger partial charge is 0.137 e. The zero-order valence-electron chi connectivity index (χ0n) is 16.1. The fourth-order valence-electron chi connectivity index (χ4n) is 4.27. The van der Waals surface area contributed by atoms with Crippen LogP contribution < -0.4 is 10.1 Å². The first kappa shape index (κ1) is 20.5. The molecular weight excluding hydrogens is 457 g/mol. The van der Waals surface area contributed by atoms with Crippen LogP contribution in [0.15, 0.2) is 59.5 Å². The van der Waals surface area contributed by atoms with Crippen molar-refractivity contribution in [3.05, 3.63) is 80.8 Å². The Morgan fingerprint density at radius 3 is 2.53 bits per heavy atom. The van der Waals surface area contributed by atoms with E-state index in [4.69, 9.17) is 39.5 Å². The molecule has 2 atom stereocenters. The highest BCUT2D eigenvalue weighted by molar-refractivity contribution is 7.98. The quantitative estimate of drug-likeness (QED) is 0.395. The van der Waals surface area contributed by atoms with Gasteiger partial charge in [0.25, 0.3) is 0 Å². The molecule has 3 aromatic rings. The summed E-state index contributed by atoms with van der Waals surface area (Å²) in [5, 5.41) is 5.16. The van der Waals surface area contributed by atoms with Crippen molar-refractivity contribution in [2.75, 3.05) is 13.1 Å². The molecule has 2 aliphatic rings. The molecule has 0 aromatic heterocycles. The molecule has 0 spiro atoms. The van der Waals surface area contributed by atoms with Gasteiger partial charge in [-0.3, -0.25) is 0 Å². The van der Waals surface area contributed by atoms with E-state index in [-0.39, 0.29) is 6.10 Å². The predicted molar refractivity (Wildman–Crippen MR) is 128 cm³/mol.